The van der Waals surface area contributed by atoms with Crippen LogP contribution in [0.3, 0.4) is 0 Å². The fraction of sp³-hybridized carbons (Fsp3) is 1.00. The van der Waals surface area contributed by atoms with Crippen LogP contribution in [0.2, 0.25) is 0 Å². The molecule has 0 rings (SSSR count). The Balaban J connectivity index is 4.07. The van der Waals surface area contributed by atoms with E-state index in [4.69, 9.17) is 0 Å². The first-order chi connectivity index (χ1) is 5.83. The van der Waals surface area contributed by atoms with Crippen molar-refractivity contribution >= 4 is 0 Å². The molecule has 0 aromatic carbocycles. The molecule has 0 aromatic heterocycles. The maximum absolute atomic E-state index is 9.92. The highest BCUT2D eigenvalue weighted by molar-refractivity contribution is 4.83. The van der Waals surface area contributed by atoms with Gasteiger partial charge < -0.3 is 10.2 Å². The highest BCUT2D eigenvalue weighted by Crippen LogP contribution is 2.27. The zero-order chi connectivity index (χ0) is 10.5. The van der Waals surface area contributed by atoms with Crippen LogP contribution in [0.1, 0.15) is 59.8 Å². The van der Waals surface area contributed by atoms with Crippen molar-refractivity contribution in [3.63, 3.8) is 0 Å². The zero-order valence-electron chi connectivity index (χ0n) is 9.43. The van der Waals surface area contributed by atoms with Gasteiger partial charge in [-0.15, -0.1) is 0 Å². The van der Waals surface area contributed by atoms with E-state index in [-0.39, 0.29) is 0 Å². The van der Waals surface area contributed by atoms with Gasteiger partial charge in [-0.3, -0.25) is 0 Å². The van der Waals surface area contributed by atoms with Crippen molar-refractivity contribution in [2.45, 2.75) is 71.0 Å². The van der Waals surface area contributed by atoms with Crippen molar-refractivity contribution in [2.75, 3.05) is 0 Å². The minimum Gasteiger partial charge on any atom is -0.390 e. The van der Waals surface area contributed by atoms with Crippen LogP contribution in [0.5, 0.6) is 0 Å². The van der Waals surface area contributed by atoms with Crippen molar-refractivity contribution < 1.29 is 10.2 Å². The highest BCUT2D eigenvalue weighted by Gasteiger charge is 2.30. The molecule has 0 aliphatic carbocycles. The first kappa shape index (κ1) is 12.9. The maximum Gasteiger partial charge on any atom is 0.0646 e. The fourth-order valence-corrected chi connectivity index (χ4v) is 2.07. The van der Waals surface area contributed by atoms with E-state index in [9.17, 15) is 10.2 Å². The van der Waals surface area contributed by atoms with Crippen LogP contribution in [0.15, 0.2) is 0 Å². The lowest BCUT2D eigenvalue weighted by Gasteiger charge is -2.32. The van der Waals surface area contributed by atoms with Crippen LogP contribution in [-0.4, -0.2) is 21.4 Å². The summed E-state index contributed by atoms with van der Waals surface area (Å²) < 4.78 is 0. The fourth-order valence-electron chi connectivity index (χ4n) is 2.07. The normalized spacial score (nSPS) is 20.8. The van der Waals surface area contributed by atoms with Gasteiger partial charge in [-0.05, 0) is 26.7 Å². The largest absolute Gasteiger partial charge is 0.390 e. The van der Waals surface area contributed by atoms with E-state index >= 15 is 0 Å². The van der Waals surface area contributed by atoms with E-state index in [1.165, 1.54) is 0 Å². The standard InChI is InChI=1S/C11H24O2/c1-5-7-10(3,12)9-11(4,13)8-6-2/h12-13H,5-9H2,1-4H3. The van der Waals surface area contributed by atoms with Crippen LogP contribution in [0.4, 0.5) is 0 Å². The molecule has 0 aliphatic heterocycles. The molecule has 80 valence electrons. The van der Waals surface area contributed by atoms with Crippen molar-refractivity contribution in [1.82, 2.24) is 0 Å². The first-order valence-electron chi connectivity index (χ1n) is 5.28. The molecular weight excluding hydrogens is 164 g/mol. The van der Waals surface area contributed by atoms with Crippen molar-refractivity contribution in [3.05, 3.63) is 0 Å². The minimum atomic E-state index is -0.715. The predicted molar refractivity (Wildman–Crippen MR) is 55.7 cm³/mol. The van der Waals surface area contributed by atoms with Crippen LogP contribution < -0.4 is 0 Å². The number of hydrogen-bond donors (Lipinski definition) is 2. The lowest BCUT2D eigenvalue weighted by Crippen LogP contribution is -2.37. The van der Waals surface area contributed by atoms with Gasteiger partial charge in [0.1, 0.15) is 0 Å². The van der Waals surface area contributed by atoms with Gasteiger partial charge in [0.05, 0.1) is 11.2 Å². The molecule has 0 amide bonds. The second kappa shape index (κ2) is 4.97. The van der Waals surface area contributed by atoms with Crippen LogP contribution in [0.25, 0.3) is 0 Å². The number of aliphatic hydroxyl groups is 2. The molecule has 0 saturated carbocycles. The Hall–Kier alpha value is -0.0800. The van der Waals surface area contributed by atoms with E-state index in [0.717, 1.165) is 25.7 Å². The maximum atomic E-state index is 9.92. The lowest BCUT2D eigenvalue weighted by molar-refractivity contribution is -0.0536. The Kier molecular flexibility index (Phi) is 4.93. The molecule has 2 N–H and O–H groups in total. The van der Waals surface area contributed by atoms with Gasteiger partial charge in [0.25, 0.3) is 0 Å². The van der Waals surface area contributed by atoms with E-state index in [1.807, 2.05) is 13.8 Å². The van der Waals surface area contributed by atoms with E-state index in [1.54, 1.807) is 13.8 Å². The zero-order valence-corrected chi connectivity index (χ0v) is 9.43. The summed E-state index contributed by atoms with van der Waals surface area (Å²) >= 11 is 0. The third kappa shape index (κ3) is 6.05. The monoisotopic (exact) mass is 188 g/mol. The quantitative estimate of drug-likeness (QED) is 0.672. The summed E-state index contributed by atoms with van der Waals surface area (Å²) in [5, 5.41) is 19.8. The average molecular weight is 188 g/mol. The van der Waals surface area contributed by atoms with E-state index in [0.29, 0.717) is 6.42 Å². The summed E-state index contributed by atoms with van der Waals surface area (Å²) in [6, 6.07) is 0. The van der Waals surface area contributed by atoms with Crippen molar-refractivity contribution in [3.8, 4) is 0 Å². The van der Waals surface area contributed by atoms with E-state index < -0.39 is 11.2 Å². The Morgan fingerprint density at radius 2 is 1.15 bits per heavy atom. The van der Waals surface area contributed by atoms with Gasteiger partial charge in [-0.25, -0.2) is 0 Å². The molecule has 0 bridgehead atoms. The van der Waals surface area contributed by atoms with Gasteiger partial charge in [0, 0.05) is 6.42 Å². The van der Waals surface area contributed by atoms with Gasteiger partial charge in [0.15, 0.2) is 0 Å². The van der Waals surface area contributed by atoms with Gasteiger partial charge in [-0.2, -0.15) is 0 Å². The third-order valence-electron chi connectivity index (χ3n) is 2.34. The Morgan fingerprint density at radius 1 is 0.846 bits per heavy atom. The number of hydrogen-bond acceptors (Lipinski definition) is 2. The summed E-state index contributed by atoms with van der Waals surface area (Å²) in [6.45, 7) is 7.70. The lowest BCUT2D eigenvalue weighted by atomic mass is 9.84. The molecule has 0 fully saturated rings. The molecule has 2 nitrogen and oxygen atoms in total. The Bertz CT molecular complexity index is 123. The predicted octanol–water partition coefficient (Wildman–Crippen LogP) is 2.48. The highest BCUT2D eigenvalue weighted by atomic mass is 16.3. The smallest absolute Gasteiger partial charge is 0.0646 e. The van der Waals surface area contributed by atoms with Gasteiger partial charge in [0.2, 0.25) is 0 Å². The summed E-state index contributed by atoms with van der Waals surface area (Å²) in [6.07, 6.45) is 3.89. The SMILES string of the molecule is CCCC(C)(O)CC(C)(O)CCC. The van der Waals surface area contributed by atoms with Crippen molar-refractivity contribution in [2.24, 2.45) is 0 Å². The third-order valence-corrected chi connectivity index (χ3v) is 2.34. The molecule has 2 atom stereocenters. The van der Waals surface area contributed by atoms with Crippen LogP contribution in [-0.2, 0) is 0 Å². The number of rotatable bonds is 6. The molecule has 0 saturated heterocycles. The molecule has 0 heterocycles. The Labute approximate surface area is 82.0 Å². The molecule has 2 heteroatoms. The summed E-state index contributed by atoms with van der Waals surface area (Å²) in [4.78, 5) is 0. The summed E-state index contributed by atoms with van der Waals surface area (Å²) in [7, 11) is 0. The van der Waals surface area contributed by atoms with Gasteiger partial charge in [-0.1, -0.05) is 26.7 Å². The second-order valence-electron chi connectivity index (χ2n) is 4.67. The van der Waals surface area contributed by atoms with Crippen LogP contribution >= 0.6 is 0 Å². The second-order valence-corrected chi connectivity index (χ2v) is 4.67. The molecule has 0 aliphatic rings. The molecule has 0 radical (unpaired) electrons. The topological polar surface area (TPSA) is 40.5 Å². The van der Waals surface area contributed by atoms with Gasteiger partial charge >= 0.3 is 0 Å². The van der Waals surface area contributed by atoms with E-state index in [2.05, 4.69) is 0 Å². The van der Waals surface area contributed by atoms with Crippen molar-refractivity contribution in [1.29, 1.82) is 0 Å². The average Bonchev–Trinajstić information content (AvgIpc) is 1.82. The Morgan fingerprint density at radius 3 is 1.38 bits per heavy atom. The van der Waals surface area contributed by atoms with Crippen LogP contribution in [0, 0.1) is 0 Å². The summed E-state index contributed by atoms with van der Waals surface area (Å²) in [5.41, 5.74) is -1.43. The molecule has 0 spiro atoms. The molecule has 2 unspecified atom stereocenters. The summed E-state index contributed by atoms with van der Waals surface area (Å²) in [5.74, 6) is 0. The molecular formula is C11H24O2. The molecule has 0 aromatic rings. The first-order valence-corrected chi connectivity index (χ1v) is 5.28. The molecule has 13 heavy (non-hydrogen) atoms. The minimum absolute atomic E-state index is 0.474.